The van der Waals surface area contributed by atoms with Gasteiger partial charge in [0.15, 0.2) is 6.10 Å². The summed E-state index contributed by atoms with van der Waals surface area (Å²) in [7, 11) is -3.25. The summed E-state index contributed by atoms with van der Waals surface area (Å²) in [5.41, 5.74) is 3.08. The molecule has 2 N–H and O–H groups in total. The Kier molecular flexibility index (Phi) is 11.0. The highest BCUT2D eigenvalue weighted by molar-refractivity contribution is 7.90. The molecule has 3 aromatic rings. The SMILES string of the molecule is COC#CC(OC(=O)c1ccccc1)[C@@H]1[C@@H](C)C/C=C/[C@H](O)[C@@H]2CC[C@H]2CN2C[C@@]3(CCCc4cc(Cl)ccc43)COc3ccc(cc32)C(=O)NS1(=O)=O. The van der Waals surface area contributed by atoms with Gasteiger partial charge in [-0.25, -0.2) is 17.9 Å². The molecule has 284 valence electrons. The fourth-order valence-electron chi connectivity index (χ4n) is 8.60. The molecule has 3 aromatic carbocycles. The van der Waals surface area contributed by atoms with Gasteiger partial charge in [-0.05, 0) is 116 Å². The third-order valence-corrected chi connectivity index (χ3v) is 13.6. The number of rotatable bonds is 3. The van der Waals surface area contributed by atoms with Crippen LogP contribution >= 0.6 is 11.6 Å². The number of amides is 1. The van der Waals surface area contributed by atoms with Gasteiger partial charge >= 0.3 is 5.97 Å². The first-order valence-corrected chi connectivity index (χ1v) is 20.4. The molecule has 1 amide bonds. The molecule has 10 nitrogen and oxygen atoms in total. The molecule has 1 saturated carbocycles. The first-order valence-electron chi connectivity index (χ1n) is 18.5. The fourth-order valence-corrected chi connectivity index (χ4v) is 10.5. The lowest BCUT2D eigenvalue weighted by Crippen LogP contribution is -2.49. The average molecular weight is 773 g/mol. The fraction of sp³-hybridized carbons (Fsp3) is 0.429. The molecule has 0 radical (unpaired) electrons. The molecule has 12 heteroatoms. The highest BCUT2D eigenvalue weighted by atomic mass is 35.5. The van der Waals surface area contributed by atoms with Crippen molar-refractivity contribution in [1.29, 1.82) is 0 Å². The number of allylic oxidation sites excluding steroid dienone is 1. The Balaban J connectivity index is 1.28. The maximum Gasteiger partial charge on any atom is 0.339 e. The monoisotopic (exact) mass is 772 g/mol. The molecule has 7 atom stereocenters. The van der Waals surface area contributed by atoms with Crippen LogP contribution in [0.3, 0.4) is 0 Å². The van der Waals surface area contributed by atoms with E-state index in [9.17, 15) is 23.1 Å². The minimum Gasteiger partial charge on any atom is -0.490 e. The van der Waals surface area contributed by atoms with Gasteiger partial charge < -0.3 is 24.2 Å². The first-order chi connectivity index (χ1) is 26.0. The van der Waals surface area contributed by atoms with Crippen LogP contribution in [-0.2, 0) is 31.3 Å². The minimum atomic E-state index is -4.57. The lowest BCUT2D eigenvalue weighted by Gasteiger charge is -2.45. The summed E-state index contributed by atoms with van der Waals surface area (Å²) in [5, 5.41) is 10.7. The maximum atomic E-state index is 14.3. The summed E-state index contributed by atoms with van der Waals surface area (Å²) >= 11 is 6.43. The summed E-state index contributed by atoms with van der Waals surface area (Å²) < 4.78 is 48.3. The van der Waals surface area contributed by atoms with Crippen molar-refractivity contribution in [1.82, 2.24) is 4.72 Å². The van der Waals surface area contributed by atoms with Gasteiger partial charge in [-0.15, -0.1) is 0 Å². The number of nitrogens with one attached hydrogen (secondary N) is 1. The van der Waals surface area contributed by atoms with Crippen LogP contribution < -0.4 is 14.4 Å². The van der Waals surface area contributed by atoms with E-state index in [0.29, 0.717) is 36.2 Å². The number of ether oxygens (including phenoxy) is 3. The number of carbonyl (C=O) groups excluding carboxylic acids is 2. The van der Waals surface area contributed by atoms with E-state index in [1.807, 2.05) is 12.1 Å². The minimum absolute atomic E-state index is 0.0105. The molecule has 0 aromatic heterocycles. The number of methoxy groups -OCH3 is 1. The van der Waals surface area contributed by atoms with Gasteiger partial charge in [0.2, 0.25) is 10.0 Å². The van der Waals surface area contributed by atoms with Gasteiger partial charge in [0.25, 0.3) is 5.91 Å². The van der Waals surface area contributed by atoms with Gasteiger partial charge in [-0.3, -0.25) is 4.79 Å². The van der Waals surface area contributed by atoms with E-state index in [-0.39, 0.29) is 34.8 Å². The predicted molar refractivity (Wildman–Crippen MR) is 206 cm³/mol. The normalized spacial score (nSPS) is 28.6. The highest BCUT2D eigenvalue weighted by Gasteiger charge is 2.45. The number of benzene rings is 3. The third-order valence-electron chi connectivity index (χ3n) is 11.5. The van der Waals surface area contributed by atoms with Crippen molar-refractivity contribution in [3.8, 4) is 17.8 Å². The smallest absolute Gasteiger partial charge is 0.339 e. The second kappa shape index (κ2) is 15.7. The van der Waals surface area contributed by atoms with E-state index in [4.69, 9.17) is 25.8 Å². The van der Waals surface area contributed by atoms with E-state index in [0.717, 1.165) is 32.1 Å². The number of nitrogens with zero attached hydrogens (tertiary/aromatic N) is 1. The molecule has 7 rings (SSSR count). The van der Waals surface area contributed by atoms with Gasteiger partial charge in [0.1, 0.15) is 17.1 Å². The molecular formula is C42H45ClN2O8S. The number of fused-ring (bicyclic) bond motifs is 4. The van der Waals surface area contributed by atoms with Crippen molar-refractivity contribution in [2.45, 2.75) is 68.3 Å². The summed E-state index contributed by atoms with van der Waals surface area (Å²) in [5.74, 6) is 1.08. The van der Waals surface area contributed by atoms with Crippen LogP contribution in [0.4, 0.5) is 5.69 Å². The van der Waals surface area contributed by atoms with Crippen molar-refractivity contribution in [2.75, 3.05) is 31.7 Å². The van der Waals surface area contributed by atoms with Crippen LogP contribution in [0.15, 0.2) is 78.9 Å². The zero-order valence-corrected chi connectivity index (χ0v) is 31.9. The number of esters is 1. The molecule has 2 aliphatic carbocycles. The molecule has 54 heavy (non-hydrogen) atoms. The Labute approximate surface area is 321 Å². The molecule has 4 aliphatic rings. The largest absolute Gasteiger partial charge is 0.490 e. The van der Waals surface area contributed by atoms with E-state index < -0.39 is 45.3 Å². The van der Waals surface area contributed by atoms with Crippen LogP contribution in [0.1, 0.15) is 70.9 Å². The standard InChI is InChI=1S/C42H45ClN2O8S/c1-27-8-6-12-36(46)33-16-13-31(33)24-45-25-42(20-7-11-29-22-32(43)15-17-34(29)42)26-52-37-18-14-30(23-35(37)45)40(47)44-54(49,50)39(27)38(19-21-51-2)53-41(48)28-9-4-3-5-10-28/h3-6,9-10,12,14-15,17-18,22-23,27,31,33,36,38-39,46H,7-8,11,13,16,20,24-26H2,1-2H3,(H,44,47)/b12-6+/t27-,31-,33+,36-,38?,39-,42-/m0/s1. The van der Waals surface area contributed by atoms with Gasteiger partial charge in [0.05, 0.1) is 31.1 Å². The van der Waals surface area contributed by atoms with E-state index in [1.54, 1.807) is 67.6 Å². The van der Waals surface area contributed by atoms with Crippen LogP contribution in [0.25, 0.3) is 0 Å². The Morgan fingerprint density at radius 2 is 1.94 bits per heavy atom. The Bertz CT molecular complexity index is 2100. The van der Waals surface area contributed by atoms with E-state index in [2.05, 4.69) is 27.7 Å². The lowest BCUT2D eigenvalue weighted by atomic mass is 9.68. The highest BCUT2D eigenvalue weighted by Crippen LogP contribution is 2.47. The van der Waals surface area contributed by atoms with Crippen LogP contribution in [0.2, 0.25) is 5.02 Å². The number of sulfonamides is 1. The number of carbonyl (C=O) groups is 2. The predicted octanol–water partition coefficient (Wildman–Crippen LogP) is 6.06. The molecule has 1 fully saturated rings. The summed E-state index contributed by atoms with van der Waals surface area (Å²) in [6.07, 6.45) is 8.40. The number of aryl methyl sites for hydroxylation is 1. The van der Waals surface area contributed by atoms with Gasteiger partial charge in [-0.2, -0.15) is 0 Å². The Morgan fingerprint density at radius 1 is 1.13 bits per heavy atom. The number of hydrogen-bond acceptors (Lipinski definition) is 9. The third kappa shape index (κ3) is 7.70. The maximum absolute atomic E-state index is 14.3. The zero-order valence-electron chi connectivity index (χ0n) is 30.4. The van der Waals surface area contributed by atoms with Crippen LogP contribution in [0, 0.1) is 29.8 Å². The Hall–Kier alpha value is -4.50. The van der Waals surface area contributed by atoms with Crippen molar-refractivity contribution >= 4 is 39.2 Å². The lowest BCUT2D eigenvalue weighted by molar-refractivity contribution is 0.0379. The summed E-state index contributed by atoms with van der Waals surface area (Å²) in [6, 6.07) is 19.2. The summed E-state index contributed by atoms with van der Waals surface area (Å²) in [4.78, 5) is 29.5. The van der Waals surface area contributed by atoms with Crippen molar-refractivity contribution < 1.29 is 37.3 Å². The first kappa shape index (κ1) is 37.8. The molecule has 0 saturated heterocycles. The van der Waals surface area contributed by atoms with Gasteiger partial charge in [-0.1, -0.05) is 54.9 Å². The zero-order chi connectivity index (χ0) is 38.0. The Morgan fingerprint density at radius 3 is 2.70 bits per heavy atom. The molecule has 2 aliphatic heterocycles. The van der Waals surface area contributed by atoms with Crippen LogP contribution in [0.5, 0.6) is 5.75 Å². The molecule has 1 unspecified atom stereocenters. The number of halogens is 1. The topological polar surface area (TPSA) is 131 Å². The number of aliphatic hydroxyl groups excluding tert-OH is 1. The molecule has 1 spiro atoms. The van der Waals surface area contributed by atoms with Crippen molar-refractivity contribution in [3.05, 3.63) is 106 Å². The van der Waals surface area contributed by atoms with Crippen molar-refractivity contribution in [3.63, 3.8) is 0 Å². The second-order valence-electron chi connectivity index (χ2n) is 15.0. The second-order valence-corrected chi connectivity index (χ2v) is 17.3. The van der Waals surface area contributed by atoms with Crippen LogP contribution in [-0.4, -0.2) is 69.7 Å². The molecule has 2 bridgehead atoms. The van der Waals surface area contributed by atoms with E-state index in [1.165, 1.54) is 18.2 Å². The van der Waals surface area contributed by atoms with E-state index >= 15 is 0 Å². The van der Waals surface area contributed by atoms with Gasteiger partial charge in [0, 0.05) is 29.1 Å². The molecular weight excluding hydrogens is 728 g/mol. The number of hydrogen-bond donors (Lipinski definition) is 2. The number of anilines is 1. The quantitative estimate of drug-likeness (QED) is 0.186. The number of aliphatic hydroxyl groups is 1. The van der Waals surface area contributed by atoms with Crippen molar-refractivity contribution in [2.24, 2.45) is 17.8 Å². The molecule has 2 heterocycles. The summed E-state index contributed by atoms with van der Waals surface area (Å²) in [6.45, 7) is 3.35. The average Bonchev–Trinajstić information content (AvgIpc) is 3.28.